The summed E-state index contributed by atoms with van der Waals surface area (Å²) in [7, 11) is -4.20. The number of carbonyl (C=O) groups is 3. The minimum atomic E-state index is -4.20. The van der Waals surface area contributed by atoms with Crippen LogP contribution < -0.4 is 4.90 Å². The molecule has 1 unspecified atom stereocenters. The fourth-order valence-corrected chi connectivity index (χ4v) is 6.74. The molecule has 5 rings (SSSR count). The summed E-state index contributed by atoms with van der Waals surface area (Å²) in [4.78, 5) is 39.9. The molecule has 1 aliphatic heterocycles. The molecule has 4 aromatic rings. The van der Waals surface area contributed by atoms with Crippen LogP contribution in [0.4, 0.5) is 5.69 Å². The van der Waals surface area contributed by atoms with Crippen LogP contribution in [0, 0.1) is 0 Å². The van der Waals surface area contributed by atoms with Crippen molar-refractivity contribution < 1.29 is 27.5 Å². The molecule has 210 valence electrons. The first-order valence-electron chi connectivity index (χ1n) is 13.1. The van der Waals surface area contributed by atoms with Gasteiger partial charge in [0.1, 0.15) is 6.04 Å². The van der Waals surface area contributed by atoms with E-state index in [4.69, 9.17) is 16.3 Å². The Morgan fingerprint density at radius 2 is 1.68 bits per heavy atom. The molecule has 0 saturated carbocycles. The third-order valence-corrected chi connectivity index (χ3v) is 9.08. The third kappa shape index (κ3) is 5.88. The second kappa shape index (κ2) is 11.8. The van der Waals surface area contributed by atoms with Crippen molar-refractivity contribution in [3.8, 4) is 0 Å². The number of carbonyl (C=O) groups excluding carboxylic acids is 3. The smallest absolute Gasteiger partial charge is 0.338 e. The number of hydrogen-bond donors (Lipinski definition) is 0. The normalized spacial score (nSPS) is 15.6. The minimum Gasteiger partial charge on any atom is -0.462 e. The zero-order valence-corrected chi connectivity index (χ0v) is 23.8. The van der Waals surface area contributed by atoms with Gasteiger partial charge in [-0.2, -0.15) is 4.31 Å². The third-order valence-electron chi connectivity index (χ3n) is 6.94. The summed E-state index contributed by atoms with van der Waals surface area (Å²) in [5, 5.41) is 2.12. The number of nitrogens with zero attached hydrogens (tertiary/aromatic N) is 2. The lowest BCUT2D eigenvalue weighted by Gasteiger charge is -2.27. The highest BCUT2D eigenvalue weighted by molar-refractivity contribution is 7.89. The fraction of sp³-hybridized carbons (Fsp3) is 0.194. The van der Waals surface area contributed by atoms with Crippen LogP contribution in [0.1, 0.15) is 29.3 Å². The Morgan fingerprint density at radius 3 is 2.39 bits per heavy atom. The molecule has 0 N–H and O–H groups in total. The van der Waals surface area contributed by atoms with E-state index in [1.165, 1.54) is 30.3 Å². The second-order valence-corrected chi connectivity index (χ2v) is 11.9. The highest BCUT2D eigenvalue weighted by Gasteiger charge is 2.46. The van der Waals surface area contributed by atoms with Gasteiger partial charge in [-0.05, 0) is 78.2 Å². The SMILES string of the molecule is CCOC(=O)c1ccc(N2C(=O)CC(N(CCc3cccc(Cl)c3)S(=O)(=O)c3ccc4ccccc4c3)C2=O)cc1. The number of fused-ring (bicyclic) bond motifs is 1. The average molecular weight is 591 g/mol. The molecule has 4 aromatic carbocycles. The van der Waals surface area contributed by atoms with E-state index in [-0.39, 0.29) is 42.1 Å². The maximum absolute atomic E-state index is 14.1. The molecule has 1 aliphatic rings. The summed E-state index contributed by atoms with van der Waals surface area (Å²) in [5.74, 6) is -1.72. The number of benzene rings is 4. The summed E-state index contributed by atoms with van der Waals surface area (Å²) < 4.78 is 34.3. The summed E-state index contributed by atoms with van der Waals surface area (Å²) >= 11 is 6.14. The number of ether oxygens (including phenoxy) is 1. The van der Waals surface area contributed by atoms with Crippen molar-refractivity contribution in [1.29, 1.82) is 0 Å². The van der Waals surface area contributed by atoms with Crippen LogP contribution in [0.3, 0.4) is 0 Å². The van der Waals surface area contributed by atoms with Gasteiger partial charge < -0.3 is 4.74 Å². The zero-order chi connectivity index (χ0) is 29.1. The van der Waals surface area contributed by atoms with Crippen molar-refractivity contribution in [1.82, 2.24) is 4.31 Å². The Labute approximate surface area is 243 Å². The lowest BCUT2D eigenvalue weighted by molar-refractivity contribution is -0.122. The predicted octanol–water partition coefficient (Wildman–Crippen LogP) is 5.24. The molecule has 10 heteroatoms. The number of imide groups is 1. The number of halogens is 1. The number of anilines is 1. The van der Waals surface area contributed by atoms with E-state index >= 15 is 0 Å². The van der Waals surface area contributed by atoms with E-state index in [1.807, 2.05) is 30.3 Å². The quantitative estimate of drug-likeness (QED) is 0.195. The number of rotatable bonds is 9. The molecule has 0 spiro atoms. The van der Waals surface area contributed by atoms with Crippen molar-refractivity contribution in [2.45, 2.75) is 30.7 Å². The van der Waals surface area contributed by atoms with Crippen molar-refractivity contribution in [3.63, 3.8) is 0 Å². The summed E-state index contributed by atoms with van der Waals surface area (Å²) in [6, 6.07) is 23.9. The van der Waals surface area contributed by atoms with Crippen molar-refractivity contribution in [2.75, 3.05) is 18.1 Å². The largest absolute Gasteiger partial charge is 0.462 e. The van der Waals surface area contributed by atoms with Gasteiger partial charge in [0.25, 0.3) is 5.91 Å². The van der Waals surface area contributed by atoms with E-state index in [0.717, 1.165) is 25.5 Å². The van der Waals surface area contributed by atoms with E-state index in [1.54, 1.807) is 37.3 Å². The molecule has 1 atom stereocenters. The lowest BCUT2D eigenvalue weighted by atomic mass is 10.1. The van der Waals surface area contributed by atoms with E-state index in [2.05, 4.69) is 0 Å². The summed E-state index contributed by atoms with van der Waals surface area (Å²) in [6.45, 7) is 1.86. The second-order valence-electron chi connectivity index (χ2n) is 9.56. The molecule has 1 heterocycles. The van der Waals surface area contributed by atoms with Crippen LogP contribution in [0.25, 0.3) is 10.8 Å². The number of hydrogen-bond acceptors (Lipinski definition) is 6. The Balaban J connectivity index is 1.49. The fourth-order valence-electron chi connectivity index (χ4n) is 4.91. The Bertz CT molecular complexity index is 1740. The Hall–Kier alpha value is -4.05. The van der Waals surface area contributed by atoms with Gasteiger partial charge in [0.15, 0.2) is 0 Å². The molecular weight excluding hydrogens is 564 g/mol. The van der Waals surface area contributed by atoms with Crippen LogP contribution in [-0.4, -0.2) is 49.7 Å². The number of amides is 2. The van der Waals surface area contributed by atoms with Gasteiger partial charge in [-0.3, -0.25) is 9.59 Å². The van der Waals surface area contributed by atoms with Gasteiger partial charge in [0, 0.05) is 11.6 Å². The Morgan fingerprint density at radius 1 is 0.951 bits per heavy atom. The molecule has 2 amide bonds. The molecule has 0 bridgehead atoms. The molecular formula is C31H27ClN2O6S. The van der Waals surface area contributed by atoms with Crippen LogP contribution >= 0.6 is 11.6 Å². The molecule has 1 saturated heterocycles. The zero-order valence-electron chi connectivity index (χ0n) is 22.2. The maximum atomic E-state index is 14.1. The first kappa shape index (κ1) is 28.5. The van der Waals surface area contributed by atoms with Crippen LogP contribution in [0.5, 0.6) is 0 Å². The van der Waals surface area contributed by atoms with Gasteiger partial charge in [-0.15, -0.1) is 0 Å². The van der Waals surface area contributed by atoms with Gasteiger partial charge in [0.05, 0.1) is 29.2 Å². The van der Waals surface area contributed by atoms with Gasteiger partial charge in [-0.25, -0.2) is 18.1 Å². The summed E-state index contributed by atoms with van der Waals surface area (Å²) in [5.41, 5.74) is 1.31. The molecule has 0 aromatic heterocycles. The predicted molar refractivity (Wildman–Crippen MR) is 156 cm³/mol. The standard InChI is InChI=1S/C31H27ClN2O6S/c1-2-40-31(37)23-10-13-26(14-11-23)34-29(35)20-28(30(34)36)33(17-16-21-6-5-9-25(32)18-21)41(38,39)27-15-12-22-7-3-4-8-24(22)19-27/h3-15,18-19,28H,2,16-17,20H2,1H3. The van der Waals surface area contributed by atoms with E-state index in [0.29, 0.717) is 5.02 Å². The first-order valence-corrected chi connectivity index (χ1v) is 14.9. The number of sulfonamides is 1. The monoisotopic (exact) mass is 590 g/mol. The highest BCUT2D eigenvalue weighted by atomic mass is 35.5. The van der Waals surface area contributed by atoms with Crippen LogP contribution in [0.15, 0.2) is 95.9 Å². The lowest BCUT2D eigenvalue weighted by Crippen LogP contribution is -2.46. The van der Waals surface area contributed by atoms with Crippen molar-refractivity contribution >= 4 is 55.9 Å². The minimum absolute atomic E-state index is 0.0276. The van der Waals surface area contributed by atoms with Gasteiger partial charge in [0.2, 0.25) is 15.9 Å². The Kier molecular flexibility index (Phi) is 8.21. The van der Waals surface area contributed by atoms with E-state index in [9.17, 15) is 22.8 Å². The van der Waals surface area contributed by atoms with Crippen molar-refractivity contribution in [3.05, 3.63) is 107 Å². The molecule has 1 fully saturated rings. The maximum Gasteiger partial charge on any atom is 0.338 e. The van der Waals surface area contributed by atoms with Crippen LogP contribution in [0.2, 0.25) is 5.02 Å². The molecule has 8 nitrogen and oxygen atoms in total. The van der Waals surface area contributed by atoms with Crippen LogP contribution in [-0.2, 0) is 30.8 Å². The molecule has 0 radical (unpaired) electrons. The average Bonchev–Trinajstić information content (AvgIpc) is 3.26. The van der Waals surface area contributed by atoms with Gasteiger partial charge >= 0.3 is 5.97 Å². The first-order chi connectivity index (χ1) is 19.7. The highest BCUT2D eigenvalue weighted by Crippen LogP contribution is 2.31. The topological polar surface area (TPSA) is 101 Å². The van der Waals surface area contributed by atoms with E-state index < -0.39 is 33.8 Å². The molecule has 0 aliphatic carbocycles. The number of esters is 1. The summed E-state index contributed by atoms with van der Waals surface area (Å²) in [6.07, 6.45) is -0.0413. The molecule has 41 heavy (non-hydrogen) atoms. The van der Waals surface area contributed by atoms with Gasteiger partial charge in [-0.1, -0.05) is 54.1 Å². The van der Waals surface area contributed by atoms with Crippen molar-refractivity contribution in [2.24, 2.45) is 0 Å².